The number of piperidine rings is 1. The Balaban J connectivity index is 1.79. The summed E-state index contributed by atoms with van der Waals surface area (Å²) < 4.78 is 27.6. The SMILES string of the molecule is CCC1CCCCN1c1ccc(NS(=O)(=O)c2c(C)n[nH]c2C)nn1. The Morgan fingerprint density at radius 3 is 2.68 bits per heavy atom. The zero-order chi connectivity index (χ0) is 18.0. The van der Waals surface area contributed by atoms with Gasteiger partial charge in [0.1, 0.15) is 4.90 Å². The molecule has 136 valence electrons. The highest BCUT2D eigenvalue weighted by molar-refractivity contribution is 7.92. The minimum Gasteiger partial charge on any atom is -0.352 e. The van der Waals surface area contributed by atoms with Crippen molar-refractivity contribution in [1.29, 1.82) is 0 Å². The van der Waals surface area contributed by atoms with Crippen molar-refractivity contribution in [3.63, 3.8) is 0 Å². The van der Waals surface area contributed by atoms with Crippen molar-refractivity contribution in [2.75, 3.05) is 16.2 Å². The smallest absolute Gasteiger partial charge is 0.266 e. The zero-order valence-corrected chi connectivity index (χ0v) is 15.6. The topological polar surface area (TPSA) is 104 Å². The molecule has 1 aliphatic heterocycles. The van der Waals surface area contributed by atoms with Crippen LogP contribution in [0.4, 0.5) is 11.6 Å². The maximum Gasteiger partial charge on any atom is 0.266 e. The minimum atomic E-state index is -3.74. The third-order valence-electron chi connectivity index (χ3n) is 4.61. The Kier molecular flexibility index (Phi) is 4.94. The van der Waals surface area contributed by atoms with Gasteiger partial charge < -0.3 is 4.90 Å². The third kappa shape index (κ3) is 3.60. The minimum absolute atomic E-state index is 0.153. The fraction of sp³-hybridized carbons (Fsp3) is 0.562. The number of nitrogens with zero attached hydrogens (tertiary/aromatic N) is 4. The summed E-state index contributed by atoms with van der Waals surface area (Å²) in [7, 11) is -3.74. The van der Waals surface area contributed by atoms with Gasteiger partial charge in [0.25, 0.3) is 10.0 Å². The van der Waals surface area contributed by atoms with Gasteiger partial charge in [-0.05, 0) is 51.7 Å². The molecule has 0 saturated carbocycles. The van der Waals surface area contributed by atoms with Gasteiger partial charge in [-0.25, -0.2) is 8.42 Å². The van der Waals surface area contributed by atoms with Gasteiger partial charge in [-0.1, -0.05) is 6.92 Å². The summed E-state index contributed by atoms with van der Waals surface area (Å²) in [6, 6.07) is 3.96. The summed E-state index contributed by atoms with van der Waals surface area (Å²) in [5.74, 6) is 0.999. The van der Waals surface area contributed by atoms with Gasteiger partial charge in [-0.3, -0.25) is 9.82 Å². The summed E-state index contributed by atoms with van der Waals surface area (Å²) in [6.45, 7) is 6.46. The molecule has 0 amide bonds. The molecule has 0 radical (unpaired) electrons. The molecule has 1 unspecified atom stereocenters. The Labute approximate surface area is 148 Å². The number of rotatable bonds is 5. The fourth-order valence-electron chi connectivity index (χ4n) is 3.38. The molecule has 0 spiro atoms. The Bertz CT molecular complexity index is 811. The van der Waals surface area contributed by atoms with Crippen molar-refractivity contribution in [2.45, 2.75) is 57.4 Å². The van der Waals surface area contributed by atoms with Crippen LogP contribution in [-0.2, 0) is 10.0 Å². The molecule has 1 aliphatic rings. The number of nitrogens with one attached hydrogen (secondary N) is 2. The van der Waals surface area contributed by atoms with E-state index in [4.69, 9.17) is 0 Å². The number of aromatic nitrogens is 4. The van der Waals surface area contributed by atoms with E-state index < -0.39 is 10.0 Å². The van der Waals surface area contributed by atoms with Crippen molar-refractivity contribution < 1.29 is 8.42 Å². The summed E-state index contributed by atoms with van der Waals surface area (Å²) in [5, 5.41) is 14.9. The van der Waals surface area contributed by atoms with Crippen LogP contribution in [-0.4, -0.2) is 41.4 Å². The van der Waals surface area contributed by atoms with Gasteiger partial charge in [0, 0.05) is 12.6 Å². The fourth-order valence-corrected chi connectivity index (χ4v) is 4.75. The second-order valence-corrected chi connectivity index (χ2v) is 8.02. The maximum atomic E-state index is 12.5. The number of hydrogen-bond acceptors (Lipinski definition) is 6. The molecular formula is C16H24N6O2S. The van der Waals surface area contributed by atoms with E-state index in [1.165, 1.54) is 6.42 Å². The molecule has 3 rings (SSSR count). The molecule has 2 aromatic rings. The van der Waals surface area contributed by atoms with Crippen molar-refractivity contribution in [1.82, 2.24) is 20.4 Å². The van der Waals surface area contributed by atoms with Crippen LogP contribution < -0.4 is 9.62 Å². The lowest BCUT2D eigenvalue weighted by atomic mass is 10.0. The Morgan fingerprint density at radius 1 is 1.28 bits per heavy atom. The van der Waals surface area contributed by atoms with Crippen LogP contribution in [0.2, 0.25) is 0 Å². The van der Waals surface area contributed by atoms with E-state index in [9.17, 15) is 8.42 Å². The maximum absolute atomic E-state index is 12.5. The summed E-state index contributed by atoms with van der Waals surface area (Å²) in [5.41, 5.74) is 0.919. The van der Waals surface area contributed by atoms with Gasteiger partial charge in [-0.2, -0.15) is 5.10 Å². The van der Waals surface area contributed by atoms with Crippen LogP contribution in [0.5, 0.6) is 0 Å². The van der Waals surface area contributed by atoms with Crippen molar-refractivity contribution in [3.05, 3.63) is 23.5 Å². The molecule has 2 aromatic heterocycles. The summed E-state index contributed by atoms with van der Waals surface area (Å²) in [6.07, 6.45) is 4.61. The van der Waals surface area contributed by atoms with E-state index in [2.05, 4.69) is 36.9 Å². The van der Waals surface area contributed by atoms with Crippen LogP contribution in [0.25, 0.3) is 0 Å². The molecule has 8 nitrogen and oxygen atoms in total. The third-order valence-corrected chi connectivity index (χ3v) is 6.23. The van der Waals surface area contributed by atoms with Crippen LogP contribution in [0.1, 0.15) is 44.0 Å². The van der Waals surface area contributed by atoms with Gasteiger partial charge >= 0.3 is 0 Å². The highest BCUT2D eigenvalue weighted by atomic mass is 32.2. The lowest BCUT2D eigenvalue weighted by Gasteiger charge is -2.35. The number of H-pyrrole nitrogens is 1. The molecular weight excluding hydrogens is 340 g/mol. The Morgan fingerprint density at radius 2 is 2.08 bits per heavy atom. The molecule has 9 heteroatoms. The second-order valence-electron chi connectivity index (χ2n) is 6.40. The zero-order valence-electron chi connectivity index (χ0n) is 14.8. The van der Waals surface area contributed by atoms with Crippen LogP contribution in [0.3, 0.4) is 0 Å². The van der Waals surface area contributed by atoms with Crippen molar-refractivity contribution in [3.8, 4) is 0 Å². The normalized spacial score (nSPS) is 18.4. The predicted molar refractivity (Wildman–Crippen MR) is 96.2 cm³/mol. The number of aromatic amines is 1. The lowest BCUT2D eigenvalue weighted by Crippen LogP contribution is -2.39. The summed E-state index contributed by atoms with van der Waals surface area (Å²) in [4.78, 5) is 2.42. The first-order valence-corrected chi connectivity index (χ1v) is 10.1. The highest BCUT2D eigenvalue weighted by Gasteiger charge is 2.24. The molecule has 0 bridgehead atoms. The van der Waals surface area contributed by atoms with Crippen molar-refractivity contribution >= 4 is 21.7 Å². The average molecular weight is 364 g/mol. The molecule has 3 heterocycles. The summed E-state index contributed by atoms with van der Waals surface area (Å²) >= 11 is 0. The number of sulfonamides is 1. The molecule has 1 fully saturated rings. The largest absolute Gasteiger partial charge is 0.352 e. The lowest BCUT2D eigenvalue weighted by molar-refractivity contribution is 0.445. The number of anilines is 2. The highest BCUT2D eigenvalue weighted by Crippen LogP contribution is 2.25. The van der Waals surface area contributed by atoms with E-state index in [0.29, 0.717) is 17.4 Å². The monoisotopic (exact) mass is 364 g/mol. The van der Waals surface area contributed by atoms with Crippen molar-refractivity contribution in [2.24, 2.45) is 0 Å². The molecule has 2 N–H and O–H groups in total. The molecule has 25 heavy (non-hydrogen) atoms. The van der Waals surface area contributed by atoms with Gasteiger partial charge in [0.2, 0.25) is 0 Å². The predicted octanol–water partition coefficient (Wildman–Crippen LogP) is 2.39. The standard InChI is InChI=1S/C16H24N6O2S/c1-4-13-7-5-6-10-22(13)15-9-8-14(19-20-15)21-25(23,24)16-11(2)17-18-12(16)3/h8-9,13H,4-7,10H2,1-3H3,(H,17,18)(H,19,21). The van der Waals surface area contributed by atoms with E-state index >= 15 is 0 Å². The van der Waals surface area contributed by atoms with Crippen LogP contribution in [0, 0.1) is 13.8 Å². The van der Waals surface area contributed by atoms with E-state index in [1.807, 2.05) is 6.07 Å². The van der Waals surface area contributed by atoms with Gasteiger partial charge in [0.05, 0.1) is 11.4 Å². The molecule has 0 aromatic carbocycles. The first kappa shape index (κ1) is 17.7. The quantitative estimate of drug-likeness (QED) is 0.844. The van der Waals surface area contributed by atoms with Gasteiger partial charge in [-0.15, -0.1) is 10.2 Å². The van der Waals surface area contributed by atoms with E-state index in [1.54, 1.807) is 19.9 Å². The van der Waals surface area contributed by atoms with E-state index in [0.717, 1.165) is 31.6 Å². The Hall–Kier alpha value is -2.16. The number of aryl methyl sites for hydroxylation is 2. The second kappa shape index (κ2) is 6.99. The molecule has 1 atom stereocenters. The van der Waals surface area contributed by atoms with Gasteiger partial charge in [0.15, 0.2) is 11.6 Å². The number of hydrogen-bond donors (Lipinski definition) is 2. The van der Waals surface area contributed by atoms with Crippen LogP contribution in [0.15, 0.2) is 17.0 Å². The van der Waals surface area contributed by atoms with Crippen LogP contribution >= 0.6 is 0 Å². The molecule has 0 aliphatic carbocycles. The first-order chi connectivity index (χ1) is 11.9. The first-order valence-electron chi connectivity index (χ1n) is 8.57. The van der Waals surface area contributed by atoms with E-state index in [-0.39, 0.29) is 10.7 Å². The average Bonchev–Trinajstić information content (AvgIpc) is 2.94. The molecule has 1 saturated heterocycles.